The van der Waals surface area contributed by atoms with Crippen molar-refractivity contribution >= 4 is 25.8 Å². The maximum atomic E-state index is 12.6. The normalized spacial score (nSPS) is 11.7. The number of rotatable bonds is 2. The van der Waals surface area contributed by atoms with Crippen molar-refractivity contribution in [2.24, 2.45) is 0 Å². The molecule has 2 aliphatic rings. The summed E-state index contributed by atoms with van der Waals surface area (Å²) in [7, 11) is -3.46. The average Bonchev–Trinajstić information content (AvgIpc) is 2.72. The zero-order chi connectivity index (χ0) is 14.2. The third-order valence-corrected chi connectivity index (χ3v) is 5.41. The molecule has 2 aliphatic carbocycles. The lowest BCUT2D eigenvalue weighted by Gasteiger charge is -2.01. The van der Waals surface area contributed by atoms with Gasteiger partial charge < -0.3 is 0 Å². The third kappa shape index (κ3) is 2.37. The lowest BCUT2D eigenvalue weighted by molar-refractivity contribution is 0.596. The molecule has 0 N–H and O–H groups in total. The van der Waals surface area contributed by atoms with Crippen LogP contribution >= 0.6 is 15.9 Å². The van der Waals surface area contributed by atoms with Crippen LogP contribution in [0.1, 0.15) is 0 Å². The Morgan fingerprint density at radius 2 is 1.25 bits per heavy atom. The largest absolute Gasteiger partial charge is 0.219 e. The highest BCUT2D eigenvalue weighted by Gasteiger charge is 2.20. The number of sulfone groups is 1. The first-order chi connectivity index (χ1) is 9.57. The van der Waals surface area contributed by atoms with E-state index in [2.05, 4.69) is 15.9 Å². The molecular weight excluding hydrogens is 336 g/mol. The van der Waals surface area contributed by atoms with Gasteiger partial charge in [0.15, 0.2) is 0 Å². The molecule has 0 spiro atoms. The Balaban J connectivity index is 2.15. The lowest BCUT2D eigenvalue weighted by Crippen LogP contribution is -1.99. The molecule has 0 saturated carbocycles. The molecule has 0 bridgehead atoms. The van der Waals surface area contributed by atoms with Crippen molar-refractivity contribution in [1.29, 1.82) is 0 Å². The van der Waals surface area contributed by atoms with E-state index in [4.69, 9.17) is 0 Å². The van der Waals surface area contributed by atoms with Gasteiger partial charge in [-0.2, -0.15) is 0 Å². The van der Waals surface area contributed by atoms with Crippen LogP contribution in [0.3, 0.4) is 0 Å². The Kier molecular flexibility index (Phi) is 3.36. The maximum Gasteiger partial charge on any atom is 0.206 e. The average molecular weight is 347 g/mol. The van der Waals surface area contributed by atoms with Crippen molar-refractivity contribution in [2.45, 2.75) is 9.79 Å². The van der Waals surface area contributed by atoms with Crippen LogP contribution in [-0.4, -0.2) is 8.42 Å². The van der Waals surface area contributed by atoms with Crippen molar-refractivity contribution < 1.29 is 8.42 Å². The number of benzene rings is 1. The van der Waals surface area contributed by atoms with E-state index in [1.165, 1.54) is 0 Å². The van der Waals surface area contributed by atoms with Gasteiger partial charge in [-0.3, -0.25) is 0 Å². The number of halogens is 1. The van der Waals surface area contributed by atoms with Gasteiger partial charge in [0.05, 0.1) is 9.79 Å². The van der Waals surface area contributed by atoms with Gasteiger partial charge in [0.2, 0.25) is 9.84 Å². The molecule has 2 nitrogen and oxygen atoms in total. The fraction of sp³-hybridized carbons (Fsp3) is 0. The van der Waals surface area contributed by atoms with Crippen LogP contribution in [-0.2, 0) is 9.84 Å². The molecule has 0 aliphatic heterocycles. The maximum absolute atomic E-state index is 12.6. The molecule has 4 heteroatoms. The van der Waals surface area contributed by atoms with Gasteiger partial charge in [-0.05, 0) is 47.5 Å². The summed E-state index contributed by atoms with van der Waals surface area (Å²) in [6.07, 6.45) is 0. The van der Waals surface area contributed by atoms with Crippen LogP contribution in [0.15, 0.2) is 81.0 Å². The summed E-state index contributed by atoms with van der Waals surface area (Å²) in [6.45, 7) is 0. The second-order valence-corrected chi connectivity index (χ2v) is 7.34. The SMILES string of the molecule is O=S(=O)(c1ccc(Br)cc1)c1cc2cccccc-2c1. The van der Waals surface area contributed by atoms with Gasteiger partial charge in [0.25, 0.3) is 0 Å². The minimum atomic E-state index is -3.46. The molecule has 20 heavy (non-hydrogen) atoms. The van der Waals surface area contributed by atoms with Crippen molar-refractivity contribution in [3.05, 3.63) is 71.2 Å². The molecule has 0 saturated heterocycles. The molecule has 1 aromatic rings. The van der Waals surface area contributed by atoms with E-state index in [1.807, 2.05) is 30.3 Å². The standard InChI is InChI=1S/C16H11BrO2S/c17-14-6-8-15(9-7-14)20(18,19)16-10-12-4-2-1-3-5-13(12)11-16/h1-11H. The Hall–Kier alpha value is -1.65. The Bertz CT molecular complexity index is 793. The van der Waals surface area contributed by atoms with E-state index in [-0.39, 0.29) is 0 Å². The summed E-state index contributed by atoms with van der Waals surface area (Å²) in [6, 6.07) is 19.7. The topological polar surface area (TPSA) is 34.1 Å². The van der Waals surface area contributed by atoms with Crippen LogP contribution in [0.4, 0.5) is 0 Å². The second kappa shape index (κ2) is 5.04. The van der Waals surface area contributed by atoms with E-state index < -0.39 is 9.84 Å². The Labute approximate surface area is 126 Å². The first kappa shape index (κ1) is 13.3. The fourth-order valence-electron chi connectivity index (χ4n) is 2.09. The molecule has 0 atom stereocenters. The van der Waals surface area contributed by atoms with Crippen molar-refractivity contribution in [3.63, 3.8) is 0 Å². The van der Waals surface area contributed by atoms with Gasteiger partial charge >= 0.3 is 0 Å². The summed E-state index contributed by atoms with van der Waals surface area (Å²) in [5.41, 5.74) is 1.84. The van der Waals surface area contributed by atoms with Gasteiger partial charge in [-0.15, -0.1) is 0 Å². The molecule has 0 radical (unpaired) electrons. The lowest BCUT2D eigenvalue weighted by atomic mass is 10.2. The molecular formula is C16H11BrO2S. The molecule has 0 heterocycles. The minimum absolute atomic E-state index is 0.306. The molecule has 0 fully saturated rings. The summed E-state index contributed by atoms with van der Waals surface area (Å²) in [4.78, 5) is 0.640. The van der Waals surface area contributed by atoms with Crippen molar-refractivity contribution in [2.75, 3.05) is 0 Å². The molecule has 100 valence electrons. The highest BCUT2D eigenvalue weighted by Crippen LogP contribution is 2.31. The van der Waals surface area contributed by atoms with E-state index in [0.717, 1.165) is 15.6 Å². The summed E-state index contributed by atoms with van der Waals surface area (Å²) in [5, 5.41) is 0. The zero-order valence-corrected chi connectivity index (χ0v) is 12.9. The number of fused-ring (bicyclic) bond motifs is 1. The minimum Gasteiger partial charge on any atom is -0.219 e. The van der Waals surface area contributed by atoms with Gasteiger partial charge in [-0.1, -0.05) is 46.3 Å². The van der Waals surface area contributed by atoms with Crippen LogP contribution in [0.2, 0.25) is 0 Å². The van der Waals surface area contributed by atoms with E-state index in [1.54, 1.807) is 36.4 Å². The molecule has 1 aromatic carbocycles. The van der Waals surface area contributed by atoms with E-state index in [9.17, 15) is 8.42 Å². The van der Waals surface area contributed by atoms with Crippen LogP contribution < -0.4 is 0 Å². The van der Waals surface area contributed by atoms with Crippen LogP contribution in [0.5, 0.6) is 0 Å². The fourth-order valence-corrected chi connectivity index (χ4v) is 3.69. The van der Waals surface area contributed by atoms with E-state index in [0.29, 0.717) is 9.79 Å². The molecule has 3 rings (SSSR count). The van der Waals surface area contributed by atoms with Crippen LogP contribution in [0, 0.1) is 0 Å². The van der Waals surface area contributed by atoms with Gasteiger partial charge in [0, 0.05) is 4.47 Å². The zero-order valence-electron chi connectivity index (χ0n) is 10.5. The molecule has 0 amide bonds. The smallest absolute Gasteiger partial charge is 0.206 e. The number of hydrogen-bond donors (Lipinski definition) is 0. The monoisotopic (exact) mass is 346 g/mol. The van der Waals surface area contributed by atoms with Crippen molar-refractivity contribution in [1.82, 2.24) is 0 Å². The summed E-state index contributed by atoms with van der Waals surface area (Å²) < 4.78 is 26.0. The van der Waals surface area contributed by atoms with Gasteiger partial charge in [-0.25, -0.2) is 8.42 Å². The highest BCUT2D eigenvalue weighted by molar-refractivity contribution is 9.10. The first-order valence-electron chi connectivity index (χ1n) is 6.07. The highest BCUT2D eigenvalue weighted by atomic mass is 79.9. The molecule has 0 unspecified atom stereocenters. The molecule has 0 aromatic heterocycles. The quantitative estimate of drug-likeness (QED) is 0.689. The Morgan fingerprint density at radius 1 is 0.700 bits per heavy atom. The van der Waals surface area contributed by atoms with Gasteiger partial charge in [0.1, 0.15) is 0 Å². The second-order valence-electron chi connectivity index (χ2n) is 4.47. The number of hydrogen-bond acceptors (Lipinski definition) is 2. The summed E-state index contributed by atoms with van der Waals surface area (Å²) >= 11 is 3.31. The predicted octanol–water partition coefficient (Wildman–Crippen LogP) is 4.39. The van der Waals surface area contributed by atoms with Crippen molar-refractivity contribution in [3.8, 4) is 11.1 Å². The predicted molar refractivity (Wildman–Crippen MR) is 82.7 cm³/mol. The third-order valence-electron chi connectivity index (χ3n) is 3.14. The van der Waals surface area contributed by atoms with Crippen LogP contribution in [0.25, 0.3) is 11.1 Å². The Morgan fingerprint density at radius 3 is 1.80 bits per heavy atom. The summed E-state index contributed by atoms with van der Waals surface area (Å²) in [5.74, 6) is 0. The first-order valence-corrected chi connectivity index (χ1v) is 8.34. The van der Waals surface area contributed by atoms with E-state index >= 15 is 0 Å².